The van der Waals surface area contributed by atoms with E-state index in [-0.39, 0.29) is 9.23 Å². The van der Waals surface area contributed by atoms with Crippen LogP contribution in [-0.4, -0.2) is 39.0 Å². The zero-order valence-electron chi connectivity index (χ0n) is 10.7. The van der Waals surface area contributed by atoms with Crippen molar-refractivity contribution in [2.45, 2.75) is 23.3 Å². The Labute approximate surface area is 132 Å². The lowest BCUT2D eigenvalue weighted by Crippen LogP contribution is -2.53. The first-order chi connectivity index (χ1) is 9.28. The van der Waals surface area contributed by atoms with E-state index in [0.29, 0.717) is 30.3 Å². The van der Waals surface area contributed by atoms with Crippen LogP contribution in [0.1, 0.15) is 12.8 Å². The lowest BCUT2D eigenvalue weighted by Gasteiger charge is -2.35. The molecule has 1 aromatic heterocycles. The van der Waals surface area contributed by atoms with Crippen LogP contribution in [0.4, 0.5) is 0 Å². The van der Waals surface area contributed by atoms with Crippen LogP contribution < -0.4 is 4.72 Å². The van der Waals surface area contributed by atoms with Crippen molar-refractivity contribution < 1.29 is 8.42 Å². The molecule has 0 bridgehead atoms. The third-order valence-corrected chi connectivity index (χ3v) is 6.59. The quantitative estimate of drug-likeness (QED) is 0.904. The zero-order valence-corrected chi connectivity index (χ0v) is 13.8. The minimum absolute atomic E-state index is 0.0669. The Hall–Kier alpha value is -0.360. The predicted molar refractivity (Wildman–Crippen MR) is 79.7 cm³/mol. The maximum absolute atomic E-state index is 12.4. The maximum Gasteiger partial charge on any atom is 0.244 e. The lowest BCUT2D eigenvalue weighted by molar-refractivity contribution is 0.213. The number of likely N-dealkylation sites (tertiary alicyclic amines) is 1. The van der Waals surface area contributed by atoms with E-state index in [0.717, 1.165) is 11.3 Å². The van der Waals surface area contributed by atoms with Gasteiger partial charge in [0.1, 0.15) is 14.8 Å². The van der Waals surface area contributed by atoms with Crippen LogP contribution in [0.5, 0.6) is 0 Å². The van der Waals surface area contributed by atoms with E-state index in [1.807, 2.05) is 7.05 Å². The van der Waals surface area contributed by atoms with Gasteiger partial charge in [0.2, 0.25) is 10.0 Å². The van der Waals surface area contributed by atoms with Crippen LogP contribution in [0.2, 0.25) is 8.67 Å². The monoisotopic (exact) mass is 353 g/mol. The Bertz CT molecular complexity index is 643. The number of halogens is 2. The molecule has 0 radical (unpaired) electrons. The van der Waals surface area contributed by atoms with E-state index in [1.165, 1.54) is 6.07 Å². The van der Waals surface area contributed by atoms with Gasteiger partial charge < -0.3 is 4.90 Å². The van der Waals surface area contributed by atoms with Gasteiger partial charge in [-0.05, 0) is 26.0 Å². The van der Waals surface area contributed by atoms with Crippen molar-refractivity contribution in [2.75, 3.05) is 20.1 Å². The van der Waals surface area contributed by atoms with E-state index >= 15 is 0 Å². The molecule has 1 fully saturated rings. The van der Waals surface area contributed by atoms with Gasteiger partial charge in [0, 0.05) is 13.1 Å². The summed E-state index contributed by atoms with van der Waals surface area (Å²) in [6.45, 7) is 1.32. The number of rotatable bonds is 3. The Morgan fingerprint density at radius 3 is 2.50 bits per heavy atom. The summed E-state index contributed by atoms with van der Waals surface area (Å²) in [5, 5.41) is 9.36. The highest BCUT2D eigenvalue weighted by atomic mass is 35.5. The topological polar surface area (TPSA) is 73.2 Å². The van der Waals surface area contributed by atoms with Gasteiger partial charge in [0.25, 0.3) is 0 Å². The summed E-state index contributed by atoms with van der Waals surface area (Å²) in [6, 6.07) is 3.40. The molecule has 2 heterocycles. The van der Waals surface area contributed by atoms with Crippen molar-refractivity contribution >= 4 is 44.6 Å². The number of nitriles is 1. The molecule has 0 aliphatic carbocycles. The Morgan fingerprint density at radius 2 is 2.05 bits per heavy atom. The van der Waals surface area contributed by atoms with Crippen LogP contribution in [0.3, 0.4) is 0 Å². The van der Waals surface area contributed by atoms with Gasteiger partial charge in [-0.15, -0.1) is 11.3 Å². The molecular weight excluding hydrogens is 341 g/mol. The van der Waals surface area contributed by atoms with Gasteiger partial charge >= 0.3 is 0 Å². The molecule has 20 heavy (non-hydrogen) atoms. The molecule has 110 valence electrons. The van der Waals surface area contributed by atoms with Crippen LogP contribution in [0.25, 0.3) is 0 Å². The third kappa shape index (κ3) is 3.27. The minimum Gasteiger partial charge on any atom is -0.306 e. The molecule has 9 heteroatoms. The van der Waals surface area contributed by atoms with Crippen molar-refractivity contribution in [3.63, 3.8) is 0 Å². The van der Waals surface area contributed by atoms with Gasteiger partial charge in [-0.1, -0.05) is 23.2 Å². The van der Waals surface area contributed by atoms with Crippen molar-refractivity contribution in [3.05, 3.63) is 14.7 Å². The van der Waals surface area contributed by atoms with E-state index in [2.05, 4.69) is 15.7 Å². The highest BCUT2D eigenvalue weighted by molar-refractivity contribution is 7.89. The van der Waals surface area contributed by atoms with Gasteiger partial charge in [0.15, 0.2) is 0 Å². The number of thiophene rings is 1. The molecule has 1 aromatic rings. The molecule has 0 atom stereocenters. The van der Waals surface area contributed by atoms with Crippen molar-refractivity contribution in [3.8, 4) is 6.07 Å². The number of hydrogen-bond donors (Lipinski definition) is 1. The first-order valence-electron chi connectivity index (χ1n) is 5.87. The first-order valence-corrected chi connectivity index (χ1v) is 8.92. The average Bonchev–Trinajstić information content (AvgIpc) is 2.72. The highest BCUT2D eigenvalue weighted by Crippen LogP contribution is 2.35. The Kier molecular flexibility index (Phi) is 4.64. The fourth-order valence-corrected chi connectivity index (χ4v) is 5.58. The molecule has 0 unspecified atom stereocenters. The predicted octanol–water partition coefficient (Wildman–Crippen LogP) is 2.32. The second-order valence-corrected chi connectivity index (χ2v) is 8.73. The van der Waals surface area contributed by atoms with Crippen LogP contribution in [0.15, 0.2) is 11.0 Å². The summed E-state index contributed by atoms with van der Waals surface area (Å²) in [4.78, 5) is 1.99. The summed E-state index contributed by atoms with van der Waals surface area (Å²) >= 11 is 12.6. The molecule has 0 aromatic carbocycles. The van der Waals surface area contributed by atoms with Crippen LogP contribution in [-0.2, 0) is 10.0 Å². The van der Waals surface area contributed by atoms with E-state index in [1.54, 1.807) is 0 Å². The largest absolute Gasteiger partial charge is 0.306 e. The Balaban J connectivity index is 2.28. The van der Waals surface area contributed by atoms with Crippen LogP contribution in [0, 0.1) is 11.3 Å². The molecule has 0 spiro atoms. The van der Waals surface area contributed by atoms with Gasteiger partial charge in [-0.25, -0.2) is 8.42 Å². The standard InChI is InChI=1S/C11H13Cl2N3O2S2/c1-16-4-2-11(7-14,3-5-16)15-20(17,18)8-6-9(12)19-10(8)13/h6,15H,2-5H2,1H3. The molecular formula is C11H13Cl2N3O2S2. The third-order valence-electron chi connectivity index (χ3n) is 3.30. The fraction of sp³-hybridized carbons (Fsp3) is 0.545. The molecule has 0 amide bonds. The SMILES string of the molecule is CN1CCC(C#N)(NS(=O)(=O)c2cc(Cl)sc2Cl)CC1. The number of piperidine rings is 1. The normalized spacial score (nSPS) is 19.7. The summed E-state index contributed by atoms with van der Waals surface area (Å²) < 4.78 is 27.6. The van der Waals surface area contributed by atoms with E-state index < -0.39 is 15.6 Å². The van der Waals surface area contributed by atoms with Crippen molar-refractivity contribution in [1.82, 2.24) is 9.62 Å². The summed E-state index contributed by atoms with van der Waals surface area (Å²) in [5.41, 5.74) is -1.08. The molecule has 5 nitrogen and oxygen atoms in total. The highest BCUT2D eigenvalue weighted by Gasteiger charge is 2.39. The molecule has 2 rings (SSSR count). The van der Waals surface area contributed by atoms with Gasteiger partial charge in [-0.2, -0.15) is 9.98 Å². The number of nitrogens with one attached hydrogen (secondary N) is 1. The van der Waals surface area contributed by atoms with Gasteiger partial charge in [-0.3, -0.25) is 0 Å². The molecule has 1 N–H and O–H groups in total. The van der Waals surface area contributed by atoms with Crippen LogP contribution >= 0.6 is 34.5 Å². The molecule has 0 saturated carbocycles. The summed E-state index contributed by atoms with van der Waals surface area (Å²) in [6.07, 6.45) is 0.878. The maximum atomic E-state index is 12.4. The minimum atomic E-state index is -3.85. The molecule has 1 aliphatic rings. The first kappa shape index (κ1) is 16.0. The van der Waals surface area contributed by atoms with Crippen molar-refractivity contribution in [2.24, 2.45) is 0 Å². The lowest BCUT2D eigenvalue weighted by atomic mass is 9.91. The number of sulfonamides is 1. The zero-order chi connectivity index (χ0) is 15.0. The smallest absolute Gasteiger partial charge is 0.244 e. The van der Waals surface area contributed by atoms with Crippen molar-refractivity contribution in [1.29, 1.82) is 5.26 Å². The molecule has 1 saturated heterocycles. The second kappa shape index (κ2) is 5.79. The van der Waals surface area contributed by atoms with E-state index in [4.69, 9.17) is 23.2 Å². The van der Waals surface area contributed by atoms with E-state index in [9.17, 15) is 13.7 Å². The number of hydrogen-bond acceptors (Lipinski definition) is 5. The number of nitrogens with zero attached hydrogens (tertiary/aromatic N) is 2. The Morgan fingerprint density at radius 1 is 1.45 bits per heavy atom. The second-order valence-electron chi connectivity index (χ2n) is 4.79. The summed E-state index contributed by atoms with van der Waals surface area (Å²) in [5.74, 6) is 0. The molecule has 1 aliphatic heterocycles. The fourth-order valence-electron chi connectivity index (χ4n) is 2.06. The van der Waals surface area contributed by atoms with Gasteiger partial charge in [0.05, 0.1) is 10.4 Å². The summed E-state index contributed by atoms with van der Waals surface area (Å²) in [7, 11) is -1.92. The average molecular weight is 354 g/mol.